The number of para-hydroxylation sites is 1. The molecular weight excluding hydrogens is 448 g/mol. The molecule has 1 aliphatic heterocycles. The first-order valence-corrected chi connectivity index (χ1v) is 12.9. The van der Waals surface area contributed by atoms with Gasteiger partial charge in [0.2, 0.25) is 5.91 Å². The second-order valence-electron chi connectivity index (χ2n) is 9.69. The molecule has 0 bridgehead atoms. The van der Waals surface area contributed by atoms with Crippen LogP contribution in [0.5, 0.6) is 5.75 Å². The van der Waals surface area contributed by atoms with Gasteiger partial charge in [0.25, 0.3) is 5.91 Å². The highest BCUT2D eigenvalue weighted by molar-refractivity contribution is 5.96. The van der Waals surface area contributed by atoms with Crippen LogP contribution in [0.4, 0.5) is 0 Å². The van der Waals surface area contributed by atoms with Crippen molar-refractivity contribution in [2.45, 2.75) is 45.1 Å². The number of nitrogens with zero attached hydrogens (tertiary/aromatic N) is 2. The number of amides is 2. The maximum Gasteiger partial charge on any atom is 0.257 e. The van der Waals surface area contributed by atoms with E-state index in [-0.39, 0.29) is 17.9 Å². The number of fused-ring (bicyclic) bond motifs is 1. The highest BCUT2D eigenvalue weighted by atomic mass is 16.5. The molecule has 0 aliphatic carbocycles. The summed E-state index contributed by atoms with van der Waals surface area (Å²) < 4.78 is 6.31. The van der Waals surface area contributed by atoms with Gasteiger partial charge >= 0.3 is 0 Å². The molecule has 0 aromatic heterocycles. The summed E-state index contributed by atoms with van der Waals surface area (Å²) in [6, 6.07) is 25.7. The minimum Gasteiger partial charge on any atom is -0.491 e. The smallest absolute Gasteiger partial charge is 0.257 e. The van der Waals surface area contributed by atoms with Gasteiger partial charge in [-0.2, -0.15) is 0 Å². The largest absolute Gasteiger partial charge is 0.491 e. The first-order chi connectivity index (χ1) is 17.5. The normalized spacial score (nSPS) is 17.3. The summed E-state index contributed by atoms with van der Waals surface area (Å²) in [5.41, 5.74) is 3.91. The lowest BCUT2D eigenvalue weighted by Gasteiger charge is -2.32. The van der Waals surface area contributed by atoms with E-state index >= 15 is 0 Å². The van der Waals surface area contributed by atoms with Crippen LogP contribution >= 0.6 is 0 Å². The average molecular weight is 485 g/mol. The van der Waals surface area contributed by atoms with Crippen molar-refractivity contribution in [2.75, 3.05) is 26.7 Å². The van der Waals surface area contributed by atoms with Gasteiger partial charge in [0.1, 0.15) is 12.4 Å². The molecule has 5 nitrogen and oxygen atoms in total. The van der Waals surface area contributed by atoms with E-state index in [1.165, 1.54) is 0 Å². The summed E-state index contributed by atoms with van der Waals surface area (Å²) in [4.78, 5) is 30.6. The van der Waals surface area contributed by atoms with Crippen LogP contribution in [0.15, 0.2) is 78.9 Å². The number of carbonyl (C=O) groups is 2. The summed E-state index contributed by atoms with van der Waals surface area (Å²) in [5.74, 6) is 0.649. The lowest BCUT2D eigenvalue weighted by Crippen LogP contribution is -2.46. The van der Waals surface area contributed by atoms with Gasteiger partial charge in [-0.1, -0.05) is 72.3 Å². The molecule has 0 radical (unpaired) electrons. The Morgan fingerprint density at radius 3 is 2.42 bits per heavy atom. The molecule has 0 fully saturated rings. The van der Waals surface area contributed by atoms with Crippen molar-refractivity contribution >= 4 is 11.8 Å². The summed E-state index contributed by atoms with van der Waals surface area (Å²) in [7, 11) is 1.84. The molecule has 1 heterocycles. The fourth-order valence-corrected chi connectivity index (χ4v) is 4.82. The third-order valence-corrected chi connectivity index (χ3v) is 6.80. The van der Waals surface area contributed by atoms with E-state index in [0.29, 0.717) is 43.9 Å². The van der Waals surface area contributed by atoms with E-state index in [1.54, 1.807) is 4.90 Å². The van der Waals surface area contributed by atoms with Gasteiger partial charge in [0.05, 0.1) is 18.0 Å². The monoisotopic (exact) mass is 484 g/mol. The van der Waals surface area contributed by atoms with E-state index in [2.05, 4.69) is 31.2 Å². The second kappa shape index (κ2) is 12.4. The molecule has 0 unspecified atom stereocenters. The molecule has 3 aromatic carbocycles. The standard InChI is InChI=1S/C31H36N2O3/c1-24-12-11-15-26(20-24)22-30(34)33-19-10-4-9-18-32(2)31(35)28-16-7-8-17-29(28)36-23-27(33)21-25-13-5-3-6-14-25/h3,5-8,11-17,20,27H,4,9-10,18-19,21-23H2,1-2H3/t27-/m0/s1. The number of ether oxygens (including phenoxy) is 1. The molecular formula is C31H36N2O3. The van der Waals surface area contributed by atoms with Gasteiger partial charge in [0.15, 0.2) is 0 Å². The fourth-order valence-electron chi connectivity index (χ4n) is 4.82. The SMILES string of the molecule is Cc1cccc(CC(=O)N2CCCCCN(C)C(=O)c3ccccc3OC[C@@H]2Cc2ccccc2)c1. The highest BCUT2D eigenvalue weighted by Gasteiger charge is 2.26. The Labute approximate surface area is 214 Å². The summed E-state index contributed by atoms with van der Waals surface area (Å²) in [5, 5.41) is 0. The number of hydrogen-bond donors (Lipinski definition) is 0. The molecule has 36 heavy (non-hydrogen) atoms. The molecule has 2 amide bonds. The van der Waals surface area contributed by atoms with Crippen molar-refractivity contribution < 1.29 is 14.3 Å². The molecule has 5 heteroatoms. The van der Waals surface area contributed by atoms with Crippen LogP contribution in [-0.4, -0.2) is 54.4 Å². The Bertz CT molecular complexity index is 1160. The Morgan fingerprint density at radius 2 is 1.61 bits per heavy atom. The van der Waals surface area contributed by atoms with Crippen molar-refractivity contribution in [1.29, 1.82) is 0 Å². The Balaban J connectivity index is 1.64. The zero-order valence-corrected chi connectivity index (χ0v) is 21.4. The third-order valence-electron chi connectivity index (χ3n) is 6.80. The van der Waals surface area contributed by atoms with Crippen LogP contribution in [0.2, 0.25) is 0 Å². The minimum absolute atomic E-state index is 0.0307. The quantitative estimate of drug-likeness (QED) is 0.504. The highest BCUT2D eigenvalue weighted by Crippen LogP contribution is 2.23. The van der Waals surface area contributed by atoms with Gasteiger partial charge in [-0.25, -0.2) is 0 Å². The molecule has 4 rings (SSSR count). The van der Waals surface area contributed by atoms with Crippen LogP contribution in [0, 0.1) is 6.92 Å². The number of carbonyl (C=O) groups excluding carboxylic acids is 2. The first-order valence-electron chi connectivity index (χ1n) is 12.9. The van der Waals surface area contributed by atoms with E-state index in [9.17, 15) is 9.59 Å². The van der Waals surface area contributed by atoms with Crippen LogP contribution in [-0.2, 0) is 17.6 Å². The Kier molecular flexibility index (Phi) is 8.77. The lowest BCUT2D eigenvalue weighted by atomic mass is 10.0. The fraction of sp³-hybridized carbons (Fsp3) is 0.355. The molecule has 3 aromatic rings. The first kappa shape index (κ1) is 25.5. The topological polar surface area (TPSA) is 49.9 Å². The zero-order chi connectivity index (χ0) is 25.3. The van der Waals surface area contributed by atoms with E-state index in [4.69, 9.17) is 4.74 Å². The lowest BCUT2D eigenvalue weighted by molar-refractivity contribution is -0.133. The van der Waals surface area contributed by atoms with Crippen molar-refractivity contribution in [3.8, 4) is 5.75 Å². The maximum atomic E-state index is 13.7. The van der Waals surface area contributed by atoms with E-state index in [1.807, 2.05) is 66.5 Å². The Hall–Kier alpha value is -3.60. The Morgan fingerprint density at radius 1 is 0.889 bits per heavy atom. The zero-order valence-electron chi connectivity index (χ0n) is 21.4. The van der Waals surface area contributed by atoms with Gasteiger partial charge in [-0.15, -0.1) is 0 Å². The van der Waals surface area contributed by atoms with Crippen molar-refractivity contribution in [3.63, 3.8) is 0 Å². The predicted molar refractivity (Wildman–Crippen MR) is 143 cm³/mol. The summed E-state index contributed by atoms with van der Waals surface area (Å²) in [6.07, 6.45) is 3.79. The van der Waals surface area contributed by atoms with E-state index < -0.39 is 0 Å². The molecule has 188 valence electrons. The van der Waals surface area contributed by atoms with Gasteiger partial charge in [0, 0.05) is 20.1 Å². The van der Waals surface area contributed by atoms with Crippen molar-refractivity contribution in [3.05, 3.63) is 101 Å². The van der Waals surface area contributed by atoms with Crippen LogP contribution in [0.25, 0.3) is 0 Å². The van der Waals surface area contributed by atoms with Gasteiger partial charge in [-0.05, 0) is 55.9 Å². The van der Waals surface area contributed by atoms with Gasteiger partial charge in [-0.3, -0.25) is 9.59 Å². The molecule has 1 atom stereocenters. The molecule has 0 spiro atoms. The van der Waals surface area contributed by atoms with Crippen LogP contribution in [0.3, 0.4) is 0 Å². The van der Waals surface area contributed by atoms with E-state index in [0.717, 1.165) is 36.0 Å². The third kappa shape index (κ3) is 6.75. The maximum absolute atomic E-state index is 13.7. The average Bonchev–Trinajstić information content (AvgIpc) is 2.89. The van der Waals surface area contributed by atoms with Gasteiger partial charge < -0.3 is 14.5 Å². The second-order valence-corrected chi connectivity index (χ2v) is 9.69. The van der Waals surface area contributed by atoms with Crippen molar-refractivity contribution in [2.24, 2.45) is 0 Å². The van der Waals surface area contributed by atoms with Crippen LogP contribution < -0.4 is 4.74 Å². The number of benzene rings is 3. The summed E-state index contributed by atoms with van der Waals surface area (Å²) in [6.45, 7) is 3.72. The molecule has 0 saturated heterocycles. The molecule has 0 N–H and O–H groups in total. The molecule has 1 aliphatic rings. The van der Waals surface area contributed by atoms with Crippen molar-refractivity contribution in [1.82, 2.24) is 9.80 Å². The predicted octanol–water partition coefficient (Wildman–Crippen LogP) is 5.31. The number of aryl methyl sites for hydroxylation is 1. The molecule has 0 saturated carbocycles. The van der Waals surface area contributed by atoms with Crippen LogP contribution in [0.1, 0.15) is 46.3 Å². The number of rotatable bonds is 4. The minimum atomic E-state index is -0.147. The number of hydrogen-bond acceptors (Lipinski definition) is 3. The summed E-state index contributed by atoms with van der Waals surface area (Å²) >= 11 is 0.